The average Bonchev–Trinajstić information content (AvgIpc) is 3.36. The first-order chi connectivity index (χ1) is 12.3. The summed E-state index contributed by atoms with van der Waals surface area (Å²) in [6, 6.07) is 7.99. The summed E-state index contributed by atoms with van der Waals surface area (Å²) in [5.74, 6) is 1.31. The lowest BCUT2D eigenvalue weighted by Gasteiger charge is -2.19. The van der Waals surface area contributed by atoms with Gasteiger partial charge in [0.15, 0.2) is 5.82 Å². The van der Waals surface area contributed by atoms with Crippen molar-refractivity contribution in [3.05, 3.63) is 60.3 Å². The summed E-state index contributed by atoms with van der Waals surface area (Å²) >= 11 is 0. The zero-order chi connectivity index (χ0) is 17.1. The van der Waals surface area contributed by atoms with Crippen LogP contribution in [0.4, 0.5) is 0 Å². The number of hydrogen-bond donors (Lipinski definition) is 1. The molecule has 1 fully saturated rings. The van der Waals surface area contributed by atoms with Gasteiger partial charge in [0.2, 0.25) is 0 Å². The maximum absolute atomic E-state index is 5.95. The monoisotopic (exact) mass is 338 g/mol. The van der Waals surface area contributed by atoms with Gasteiger partial charge in [0, 0.05) is 63.0 Å². The highest BCUT2D eigenvalue weighted by atomic mass is 16.5. The molecule has 0 aliphatic carbocycles. The number of aryl methyl sites for hydroxylation is 1. The number of hydrogen-bond acceptors (Lipinski definition) is 5. The molecule has 7 nitrogen and oxygen atoms in total. The lowest BCUT2D eigenvalue weighted by molar-refractivity contribution is 0.0838. The minimum absolute atomic E-state index is 0.111. The number of pyridine rings is 1. The largest absolute Gasteiger partial charge is 0.372 e. The number of aromatic nitrogens is 5. The Kier molecular flexibility index (Phi) is 4.58. The molecule has 0 amide bonds. The fourth-order valence-corrected chi connectivity index (χ4v) is 3.39. The second kappa shape index (κ2) is 7.16. The topological polar surface area (TPSA) is 69.8 Å². The number of nitrogens with one attached hydrogen (secondary N) is 1. The summed E-state index contributed by atoms with van der Waals surface area (Å²) in [4.78, 5) is 4.46. The minimum atomic E-state index is 0.111. The van der Waals surface area contributed by atoms with Crippen molar-refractivity contribution in [2.24, 2.45) is 13.0 Å². The van der Waals surface area contributed by atoms with E-state index in [0.717, 1.165) is 43.2 Å². The summed E-state index contributed by atoms with van der Waals surface area (Å²) in [5.41, 5.74) is 2.27. The van der Waals surface area contributed by atoms with Crippen molar-refractivity contribution in [3.8, 4) is 5.82 Å². The van der Waals surface area contributed by atoms with Crippen LogP contribution in [0.5, 0.6) is 0 Å². The van der Waals surface area contributed by atoms with E-state index in [1.54, 1.807) is 17.1 Å². The number of rotatable bonds is 6. The maximum Gasteiger partial charge on any atom is 0.157 e. The molecule has 0 saturated carbocycles. The summed E-state index contributed by atoms with van der Waals surface area (Å²) in [7, 11) is 1.97. The van der Waals surface area contributed by atoms with Crippen LogP contribution in [0.15, 0.2) is 49.1 Å². The normalized spacial score (nSPS) is 20.2. The molecule has 3 aromatic heterocycles. The van der Waals surface area contributed by atoms with E-state index in [1.165, 1.54) is 0 Å². The fourth-order valence-electron chi connectivity index (χ4n) is 3.39. The van der Waals surface area contributed by atoms with E-state index in [-0.39, 0.29) is 6.10 Å². The molecular weight excluding hydrogens is 316 g/mol. The van der Waals surface area contributed by atoms with Crippen molar-refractivity contribution in [2.45, 2.75) is 19.1 Å². The van der Waals surface area contributed by atoms with Crippen LogP contribution >= 0.6 is 0 Å². The predicted octanol–water partition coefficient (Wildman–Crippen LogP) is 1.87. The molecular formula is C18H22N6O. The maximum atomic E-state index is 5.95. The predicted molar refractivity (Wildman–Crippen MR) is 93.1 cm³/mol. The first-order valence-electron chi connectivity index (χ1n) is 8.57. The SMILES string of the molecule is Cn1nccc1[C@@H]1OCC[C@H]1CNCc1cccnc1-n1cccn1. The van der Waals surface area contributed by atoms with Gasteiger partial charge in [-0.25, -0.2) is 9.67 Å². The first-order valence-corrected chi connectivity index (χ1v) is 8.57. The molecule has 4 heterocycles. The summed E-state index contributed by atoms with van der Waals surface area (Å²) in [5, 5.41) is 12.1. The number of nitrogens with zero attached hydrogens (tertiary/aromatic N) is 5. The van der Waals surface area contributed by atoms with Crippen LogP contribution in [0.2, 0.25) is 0 Å². The van der Waals surface area contributed by atoms with Crippen LogP contribution in [0.25, 0.3) is 5.82 Å². The Balaban J connectivity index is 1.41. The smallest absolute Gasteiger partial charge is 0.157 e. The van der Waals surface area contributed by atoms with Crippen molar-refractivity contribution in [2.75, 3.05) is 13.2 Å². The molecule has 0 unspecified atom stereocenters. The molecule has 4 rings (SSSR count). The summed E-state index contributed by atoms with van der Waals surface area (Å²) in [6.07, 6.45) is 8.47. The third kappa shape index (κ3) is 3.33. The van der Waals surface area contributed by atoms with Gasteiger partial charge >= 0.3 is 0 Å². The molecule has 1 N–H and O–H groups in total. The van der Waals surface area contributed by atoms with Gasteiger partial charge in [0.25, 0.3) is 0 Å². The molecule has 3 aromatic rings. The van der Waals surface area contributed by atoms with Crippen molar-refractivity contribution in [3.63, 3.8) is 0 Å². The van der Waals surface area contributed by atoms with Gasteiger partial charge in [-0.1, -0.05) is 6.07 Å². The highest BCUT2D eigenvalue weighted by molar-refractivity contribution is 5.32. The molecule has 0 aromatic carbocycles. The van der Waals surface area contributed by atoms with Gasteiger partial charge in [-0.2, -0.15) is 10.2 Å². The molecule has 7 heteroatoms. The number of ether oxygens (including phenoxy) is 1. The van der Waals surface area contributed by atoms with Gasteiger partial charge in [-0.05, 0) is 24.6 Å². The molecule has 1 aliphatic rings. The highest BCUT2D eigenvalue weighted by Gasteiger charge is 2.31. The zero-order valence-electron chi connectivity index (χ0n) is 14.2. The Hall–Kier alpha value is -2.51. The van der Waals surface area contributed by atoms with Gasteiger partial charge in [0.05, 0.1) is 5.69 Å². The van der Waals surface area contributed by atoms with Crippen molar-refractivity contribution in [1.82, 2.24) is 29.9 Å². The van der Waals surface area contributed by atoms with E-state index in [0.29, 0.717) is 5.92 Å². The zero-order valence-corrected chi connectivity index (χ0v) is 14.2. The Bertz CT molecular complexity index is 813. The van der Waals surface area contributed by atoms with E-state index in [9.17, 15) is 0 Å². The van der Waals surface area contributed by atoms with Gasteiger partial charge in [-0.3, -0.25) is 4.68 Å². The van der Waals surface area contributed by atoms with E-state index >= 15 is 0 Å². The Morgan fingerprint density at radius 1 is 1.20 bits per heavy atom. The second-order valence-corrected chi connectivity index (χ2v) is 6.29. The van der Waals surface area contributed by atoms with Gasteiger partial charge in [-0.15, -0.1) is 0 Å². The highest BCUT2D eigenvalue weighted by Crippen LogP contribution is 2.33. The van der Waals surface area contributed by atoms with Crippen LogP contribution in [0, 0.1) is 5.92 Å². The lowest BCUT2D eigenvalue weighted by Crippen LogP contribution is -2.26. The quantitative estimate of drug-likeness (QED) is 0.743. The van der Waals surface area contributed by atoms with Gasteiger partial charge < -0.3 is 10.1 Å². The van der Waals surface area contributed by atoms with Crippen LogP contribution in [-0.2, 0) is 18.3 Å². The van der Waals surface area contributed by atoms with E-state index in [4.69, 9.17) is 4.74 Å². The molecule has 25 heavy (non-hydrogen) atoms. The average molecular weight is 338 g/mol. The van der Waals surface area contributed by atoms with Crippen molar-refractivity contribution >= 4 is 0 Å². The molecule has 0 radical (unpaired) electrons. The van der Waals surface area contributed by atoms with Crippen molar-refractivity contribution < 1.29 is 4.74 Å². The first kappa shape index (κ1) is 16.0. The standard InChI is InChI=1S/C18H22N6O/c1-23-16(5-9-21-23)17-14(6-11-25-17)12-19-13-15-4-2-7-20-18(15)24-10-3-8-22-24/h2-5,7-10,14,17,19H,6,11-13H2,1H3/t14-,17+/m0/s1. The van der Waals surface area contributed by atoms with E-state index < -0.39 is 0 Å². The Labute approximate surface area is 146 Å². The Morgan fingerprint density at radius 2 is 2.16 bits per heavy atom. The van der Waals surface area contributed by atoms with E-state index in [1.807, 2.05) is 42.3 Å². The van der Waals surface area contributed by atoms with Crippen LogP contribution in [0.1, 0.15) is 23.8 Å². The van der Waals surface area contributed by atoms with Crippen molar-refractivity contribution in [1.29, 1.82) is 0 Å². The molecule has 2 atom stereocenters. The molecule has 130 valence electrons. The van der Waals surface area contributed by atoms with Crippen LogP contribution < -0.4 is 5.32 Å². The third-order valence-corrected chi connectivity index (χ3v) is 4.68. The second-order valence-electron chi connectivity index (χ2n) is 6.29. The van der Waals surface area contributed by atoms with Crippen LogP contribution in [0.3, 0.4) is 0 Å². The minimum Gasteiger partial charge on any atom is -0.372 e. The molecule has 0 bridgehead atoms. The summed E-state index contributed by atoms with van der Waals surface area (Å²) < 4.78 is 9.65. The fraction of sp³-hybridized carbons (Fsp3) is 0.389. The molecule has 0 spiro atoms. The third-order valence-electron chi connectivity index (χ3n) is 4.68. The molecule has 1 saturated heterocycles. The van der Waals surface area contributed by atoms with Gasteiger partial charge in [0.1, 0.15) is 6.10 Å². The lowest BCUT2D eigenvalue weighted by atomic mass is 9.99. The van der Waals surface area contributed by atoms with E-state index in [2.05, 4.69) is 26.6 Å². The summed E-state index contributed by atoms with van der Waals surface area (Å²) in [6.45, 7) is 2.44. The molecule has 1 aliphatic heterocycles. The van der Waals surface area contributed by atoms with Crippen LogP contribution in [-0.4, -0.2) is 37.7 Å². The Morgan fingerprint density at radius 3 is 2.96 bits per heavy atom.